The van der Waals surface area contributed by atoms with Gasteiger partial charge in [-0.1, -0.05) is 24.3 Å². The van der Waals surface area contributed by atoms with Crippen LogP contribution in [0.15, 0.2) is 53.5 Å². The Labute approximate surface area is 170 Å². The Hall–Kier alpha value is -3.09. The van der Waals surface area contributed by atoms with Gasteiger partial charge in [-0.3, -0.25) is 9.79 Å². The van der Waals surface area contributed by atoms with Gasteiger partial charge >= 0.3 is 0 Å². The van der Waals surface area contributed by atoms with Gasteiger partial charge in [-0.05, 0) is 49.6 Å². The maximum Gasteiger partial charge on any atom is 0.265 e. The van der Waals surface area contributed by atoms with Gasteiger partial charge in [0, 0.05) is 26.2 Å². The van der Waals surface area contributed by atoms with E-state index in [1.165, 1.54) is 6.07 Å². The van der Waals surface area contributed by atoms with Crippen molar-refractivity contribution in [2.45, 2.75) is 19.8 Å². The van der Waals surface area contributed by atoms with Crippen molar-refractivity contribution in [1.29, 1.82) is 0 Å². The Kier molecular flexibility index (Phi) is 7.44. The van der Waals surface area contributed by atoms with Crippen LogP contribution in [-0.2, 0) is 11.2 Å². The topological polar surface area (TPSA) is 66.0 Å². The molecule has 0 saturated carbocycles. The van der Waals surface area contributed by atoms with E-state index in [-0.39, 0.29) is 18.3 Å². The fourth-order valence-corrected chi connectivity index (χ4v) is 3.18. The molecule has 2 N–H and O–H groups in total. The molecule has 0 saturated heterocycles. The number of hydrogen-bond acceptors (Lipinski definition) is 3. The second-order valence-corrected chi connectivity index (χ2v) is 6.72. The van der Waals surface area contributed by atoms with E-state index in [1.54, 1.807) is 17.0 Å². The number of guanidine groups is 1. The Morgan fingerprint density at radius 1 is 1.21 bits per heavy atom. The van der Waals surface area contributed by atoms with E-state index < -0.39 is 0 Å². The van der Waals surface area contributed by atoms with Gasteiger partial charge in [0.05, 0.1) is 5.69 Å². The van der Waals surface area contributed by atoms with Crippen molar-refractivity contribution < 1.29 is 13.9 Å². The molecule has 3 rings (SSSR count). The minimum absolute atomic E-state index is 0.0344. The monoisotopic (exact) mass is 398 g/mol. The van der Waals surface area contributed by atoms with Gasteiger partial charge < -0.3 is 20.3 Å². The molecule has 1 aliphatic rings. The quantitative estimate of drug-likeness (QED) is 0.408. The molecule has 7 heteroatoms. The highest BCUT2D eigenvalue weighted by Crippen LogP contribution is 2.31. The fraction of sp³-hybridized carbons (Fsp3) is 0.364. The summed E-state index contributed by atoms with van der Waals surface area (Å²) in [5.41, 5.74) is 1.76. The standard InChI is InChI=1S/C22H27FN4O2/c1-2-24-22(26-13-11-17-7-5-8-18(23)15-17)25-12-6-14-27-19-9-3-4-10-20(19)29-16-21(27)28/h3-5,7-10,15H,2,6,11-14,16H2,1H3,(H2,24,25,26). The molecule has 0 bridgehead atoms. The third-order valence-corrected chi connectivity index (χ3v) is 4.56. The number of amides is 1. The average Bonchev–Trinajstić information content (AvgIpc) is 2.72. The molecule has 2 aromatic carbocycles. The van der Waals surface area contributed by atoms with Gasteiger partial charge in [0.15, 0.2) is 12.6 Å². The predicted octanol–water partition coefficient (Wildman–Crippen LogP) is 2.74. The minimum Gasteiger partial charge on any atom is -0.482 e. The number of aliphatic imine (C=N–C) groups is 1. The molecule has 0 unspecified atom stereocenters. The summed E-state index contributed by atoms with van der Waals surface area (Å²) in [7, 11) is 0. The molecule has 0 radical (unpaired) electrons. The second-order valence-electron chi connectivity index (χ2n) is 6.72. The van der Waals surface area contributed by atoms with Crippen LogP contribution in [0, 0.1) is 5.82 Å². The molecule has 0 spiro atoms. The zero-order valence-electron chi connectivity index (χ0n) is 16.7. The molecule has 1 heterocycles. The Bertz CT molecular complexity index is 856. The molecular formula is C22H27FN4O2. The van der Waals surface area contributed by atoms with Crippen LogP contribution in [0.4, 0.5) is 10.1 Å². The maximum atomic E-state index is 13.3. The normalized spacial score (nSPS) is 13.7. The number of halogens is 1. The molecule has 2 aromatic rings. The summed E-state index contributed by atoms with van der Waals surface area (Å²) in [6.45, 7) is 4.66. The van der Waals surface area contributed by atoms with E-state index in [2.05, 4.69) is 15.6 Å². The summed E-state index contributed by atoms with van der Waals surface area (Å²) in [6.07, 6.45) is 1.45. The summed E-state index contributed by atoms with van der Waals surface area (Å²) in [5, 5.41) is 6.47. The molecule has 0 aliphatic carbocycles. The molecule has 6 nitrogen and oxygen atoms in total. The average molecular weight is 398 g/mol. The largest absolute Gasteiger partial charge is 0.482 e. The van der Waals surface area contributed by atoms with Crippen molar-refractivity contribution in [2.24, 2.45) is 4.99 Å². The first-order chi connectivity index (χ1) is 14.2. The van der Waals surface area contributed by atoms with Gasteiger partial charge in [-0.25, -0.2) is 4.39 Å². The van der Waals surface area contributed by atoms with Crippen LogP contribution >= 0.6 is 0 Å². The first-order valence-electron chi connectivity index (χ1n) is 9.96. The highest BCUT2D eigenvalue weighted by molar-refractivity contribution is 5.97. The number of benzene rings is 2. The number of nitrogens with zero attached hydrogens (tertiary/aromatic N) is 2. The first kappa shape index (κ1) is 20.6. The zero-order chi connectivity index (χ0) is 20.5. The van der Waals surface area contributed by atoms with Crippen LogP contribution in [0.2, 0.25) is 0 Å². The van der Waals surface area contributed by atoms with Gasteiger partial charge in [-0.2, -0.15) is 0 Å². The molecule has 0 aromatic heterocycles. The molecule has 154 valence electrons. The number of ether oxygens (including phenoxy) is 1. The number of para-hydroxylation sites is 2. The van der Waals surface area contributed by atoms with Crippen LogP contribution in [0.25, 0.3) is 0 Å². The lowest BCUT2D eigenvalue weighted by atomic mass is 10.1. The molecular weight excluding hydrogens is 371 g/mol. The van der Waals surface area contributed by atoms with Crippen LogP contribution in [-0.4, -0.2) is 44.7 Å². The van der Waals surface area contributed by atoms with Gasteiger partial charge in [0.2, 0.25) is 0 Å². The Balaban J connectivity index is 1.48. The van der Waals surface area contributed by atoms with Crippen molar-refractivity contribution in [2.75, 3.05) is 37.7 Å². The van der Waals surface area contributed by atoms with Crippen LogP contribution in [0.5, 0.6) is 5.75 Å². The SMILES string of the molecule is CCNC(=NCCCN1C(=O)COc2ccccc21)NCCc1cccc(F)c1. The lowest BCUT2D eigenvalue weighted by Crippen LogP contribution is -2.40. The third kappa shape index (κ3) is 5.94. The summed E-state index contributed by atoms with van der Waals surface area (Å²) in [4.78, 5) is 18.5. The number of nitrogens with one attached hydrogen (secondary N) is 2. The summed E-state index contributed by atoms with van der Waals surface area (Å²) in [5.74, 6) is 1.20. The minimum atomic E-state index is -0.220. The van der Waals surface area contributed by atoms with Crippen LogP contribution in [0.1, 0.15) is 18.9 Å². The van der Waals surface area contributed by atoms with Gasteiger partial charge in [0.25, 0.3) is 5.91 Å². The lowest BCUT2D eigenvalue weighted by molar-refractivity contribution is -0.121. The second kappa shape index (κ2) is 10.5. The molecule has 29 heavy (non-hydrogen) atoms. The summed E-state index contributed by atoms with van der Waals surface area (Å²) in [6, 6.07) is 14.2. The van der Waals surface area contributed by atoms with Gasteiger partial charge in [0.1, 0.15) is 11.6 Å². The van der Waals surface area contributed by atoms with Crippen molar-refractivity contribution in [1.82, 2.24) is 10.6 Å². The van der Waals surface area contributed by atoms with Crippen molar-refractivity contribution >= 4 is 17.6 Å². The van der Waals surface area contributed by atoms with Crippen molar-refractivity contribution in [3.05, 3.63) is 59.9 Å². The first-order valence-corrected chi connectivity index (χ1v) is 9.96. The smallest absolute Gasteiger partial charge is 0.265 e. The predicted molar refractivity (Wildman–Crippen MR) is 113 cm³/mol. The van der Waals surface area contributed by atoms with Gasteiger partial charge in [-0.15, -0.1) is 0 Å². The molecule has 0 atom stereocenters. The number of fused-ring (bicyclic) bond motifs is 1. The Morgan fingerprint density at radius 3 is 2.90 bits per heavy atom. The van der Waals surface area contributed by atoms with Crippen molar-refractivity contribution in [3.63, 3.8) is 0 Å². The number of anilines is 1. The lowest BCUT2D eigenvalue weighted by Gasteiger charge is -2.29. The zero-order valence-corrected chi connectivity index (χ0v) is 16.7. The van der Waals surface area contributed by atoms with E-state index in [9.17, 15) is 9.18 Å². The van der Waals surface area contributed by atoms with Crippen LogP contribution < -0.4 is 20.3 Å². The molecule has 0 fully saturated rings. The summed E-state index contributed by atoms with van der Waals surface area (Å²) >= 11 is 0. The number of hydrogen-bond donors (Lipinski definition) is 2. The third-order valence-electron chi connectivity index (χ3n) is 4.56. The van der Waals surface area contributed by atoms with E-state index in [0.29, 0.717) is 26.1 Å². The Morgan fingerprint density at radius 2 is 2.07 bits per heavy atom. The molecule has 1 aliphatic heterocycles. The van der Waals surface area contributed by atoms with Crippen molar-refractivity contribution in [3.8, 4) is 5.75 Å². The van der Waals surface area contributed by atoms with E-state index >= 15 is 0 Å². The van der Waals surface area contributed by atoms with E-state index in [0.717, 1.165) is 35.9 Å². The maximum absolute atomic E-state index is 13.3. The van der Waals surface area contributed by atoms with E-state index in [1.807, 2.05) is 37.3 Å². The fourth-order valence-electron chi connectivity index (χ4n) is 3.18. The summed E-state index contributed by atoms with van der Waals surface area (Å²) < 4.78 is 18.7. The highest BCUT2D eigenvalue weighted by atomic mass is 19.1. The number of rotatable bonds is 8. The number of carbonyl (C=O) groups is 1. The van der Waals surface area contributed by atoms with E-state index in [4.69, 9.17) is 4.74 Å². The highest BCUT2D eigenvalue weighted by Gasteiger charge is 2.24. The molecule has 1 amide bonds. The van der Waals surface area contributed by atoms with Crippen LogP contribution in [0.3, 0.4) is 0 Å². The number of carbonyl (C=O) groups excluding carboxylic acids is 1.